The van der Waals surface area contributed by atoms with Crippen molar-refractivity contribution >= 4 is 17.4 Å². The fourth-order valence-electron chi connectivity index (χ4n) is 4.02. The SMILES string of the molecule is COc1ccc(CNC(=O)C2CCN(c3cncnc3N3CCOCC3)CC2)cc1. The normalized spacial score (nSPS) is 17.6. The van der Waals surface area contributed by atoms with E-state index in [1.807, 2.05) is 30.5 Å². The van der Waals surface area contributed by atoms with Gasteiger partial charge in [0, 0.05) is 38.6 Å². The van der Waals surface area contributed by atoms with Crippen LogP contribution in [0.4, 0.5) is 11.5 Å². The minimum absolute atomic E-state index is 0.0379. The summed E-state index contributed by atoms with van der Waals surface area (Å²) in [5.41, 5.74) is 2.12. The Bertz CT molecular complexity index is 831. The van der Waals surface area contributed by atoms with Gasteiger partial charge in [-0.05, 0) is 30.5 Å². The first-order valence-corrected chi connectivity index (χ1v) is 10.5. The molecule has 4 rings (SSSR count). The first kappa shape index (κ1) is 20.4. The van der Waals surface area contributed by atoms with E-state index in [0.29, 0.717) is 6.54 Å². The lowest BCUT2D eigenvalue weighted by Crippen LogP contribution is -2.42. The number of morpholine rings is 1. The van der Waals surface area contributed by atoms with Crippen LogP contribution in [0.5, 0.6) is 5.75 Å². The van der Waals surface area contributed by atoms with Crippen molar-refractivity contribution in [1.29, 1.82) is 0 Å². The van der Waals surface area contributed by atoms with Crippen LogP contribution in [0, 0.1) is 5.92 Å². The maximum Gasteiger partial charge on any atom is 0.223 e. The van der Waals surface area contributed by atoms with Crippen molar-refractivity contribution in [2.75, 3.05) is 56.3 Å². The van der Waals surface area contributed by atoms with E-state index in [-0.39, 0.29) is 11.8 Å². The Balaban J connectivity index is 1.31. The van der Waals surface area contributed by atoms with Gasteiger partial charge in [-0.1, -0.05) is 12.1 Å². The van der Waals surface area contributed by atoms with E-state index < -0.39 is 0 Å². The van der Waals surface area contributed by atoms with Crippen LogP contribution in [0.15, 0.2) is 36.8 Å². The standard InChI is InChI=1S/C22H29N5O3/c1-29-19-4-2-17(3-5-19)14-24-22(28)18-6-8-26(9-7-18)20-15-23-16-25-21(20)27-10-12-30-13-11-27/h2-5,15-16,18H,6-14H2,1H3,(H,24,28). The molecule has 0 aliphatic carbocycles. The molecule has 0 saturated carbocycles. The number of nitrogens with one attached hydrogen (secondary N) is 1. The number of hydrogen-bond donors (Lipinski definition) is 1. The molecule has 2 aliphatic rings. The van der Waals surface area contributed by atoms with Crippen LogP contribution in [-0.2, 0) is 16.1 Å². The average molecular weight is 412 g/mol. The zero-order valence-electron chi connectivity index (χ0n) is 17.4. The maximum absolute atomic E-state index is 12.7. The van der Waals surface area contributed by atoms with E-state index in [2.05, 4.69) is 25.1 Å². The molecule has 0 atom stereocenters. The zero-order valence-corrected chi connectivity index (χ0v) is 17.4. The highest BCUT2D eigenvalue weighted by atomic mass is 16.5. The number of carbonyl (C=O) groups is 1. The molecule has 0 radical (unpaired) electrons. The van der Waals surface area contributed by atoms with Crippen LogP contribution < -0.4 is 19.9 Å². The summed E-state index contributed by atoms with van der Waals surface area (Å²) in [5.74, 6) is 1.95. The Kier molecular flexibility index (Phi) is 6.63. The third-order valence-electron chi connectivity index (χ3n) is 5.82. The van der Waals surface area contributed by atoms with Crippen molar-refractivity contribution in [3.8, 4) is 5.75 Å². The number of carbonyl (C=O) groups excluding carboxylic acids is 1. The summed E-state index contributed by atoms with van der Waals surface area (Å²) in [6.07, 6.45) is 5.15. The van der Waals surface area contributed by atoms with Crippen molar-refractivity contribution in [2.24, 2.45) is 5.92 Å². The van der Waals surface area contributed by atoms with E-state index in [9.17, 15) is 4.79 Å². The molecular weight excluding hydrogens is 382 g/mol. The van der Waals surface area contributed by atoms with Crippen molar-refractivity contribution in [3.63, 3.8) is 0 Å². The van der Waals surface area contributed by atoms with Crippen LogP contribution in [0.1, 0.15) is 18.4 Å². The second kappa shape index (κ2) is 9.75. The number of benzene rings is 1. The Morgan fingerprint density at radius 3 is 2.57 bits per heavy atom. The zero-order chi connectivity index (χ0) is 20.8. The van der Waals surface area contributed by atoms with Gasteiger partial charge in [-0.3, -0.25) is 4.79 Å². The van der Waals surface area contributed by atoms with Crippen LogP contribution >= 0.6 is 0 Å². The van der Waals surface area contributed by atoms with Gasteiger partial charge < -0.3 is 24.6 Å². The molecule has 8 nitrogen and oxygen atoms in total. The number of hydrogen-bond acceptors (Lipinski definition) is 7. The largest absolute Gasteiger partial charge is 0.497 e. The number of rotatable bonds is 6. The quantitative estimate of drug-likeness (QED) is 0.777. The minimum atomic E-state index is 0.0379. The molecule has 0 spiro atoms. The summed E-state index contributed by atoms with van der Waals surface area (Å²) in [7, 11) is 1.65. The van der Waals surface area contributed by atoms with Gasteiger partial charge in [-0.25, -0.2) is 9.97 Å². The molecular formula is C22H29N5O3. The fourth-order valence-corrected chi connectivity index (χ4v) is 4.02. The molecule has 2 saturated heterocycles. The Labute approximate surface area is 177 Å². The van der Waals surface area contributed by atoms with E-state index in [1.165, 1.54) is 0 Å². The molecule has 1 aromatic carbocycles. The molecule has 30 heavy (non-hydrogen) atoms. The van der Waals surface area contributed by atoms with Crippen LogP contribution in [0.2, 0.25) is 0 Å². The van der Waals surface area contributed by atoms with E-state index in [0.717, 1.165) is 75.1 Å². The molecule has 8 heteroatoms. The highest BCUT2D eigenvalue weighted by Crippen LogP contribution is 2.30. The van der Waals surface area contributed by atoms with Crippen molar-refractivity contribution < 1.29 is 14.3 Å². The Morgan fingerprint density at radius 1 is 1.13 bits per heavy atom. The molecule has 3 heterocycles. The predicted octanol–water partition coefficient (Wildman–Crippen LogP) is 1.85. The van der Waals surface area contributed by atoms with Gasteiger partial charge in [0.2, 0.25) is 5.91 Å². The highest BCUT2D eigenvalue weighted by Gasteiger charge is 2.27. The van der Waals surface area contributed by atoms with Gasteiger partial charge in [0.15, 0.2) is 5.82 Å². The maximum atomic E-state index is 12.7. The fraction of sp³-hybridized carbons (Fsp3) is 0.500. The summed E-state index contributed by atoms with van der Waals surface area (Å²) in [4.78, 5) is 26.0. The lowest BCUT2D eigenvalue weighted by Gasteiger charge is -2.36. The van der Waals surface area contributed by atoms with Gasteiger partial charge in [0.25, 0.3) is 0 Å². The van der Waals surface area contributed by atoms with E-state index >= 15 is 0 Å². The molecule has 0 bridgehead atoms. The summed E-state index contributed by atoms with van der Waals surface area (Å²) in [6, 6.07) is 7.77. The second-order valence-corrected chi connectivity index (χ2v) is 7.66. The summed E-state index contributed by atoms with van der Waals surface area (Å²) >= 11 is 0. The molecule has 2 fully saturated rings. The number of methoxy groups -OCH3 is 1. The van der Waals surface area contributed by atoms with Crippen LogP contribution in [-0.4, -0.2) is 62.4 Å². The van der Waals surface area contributed by atoms with Gasteiger partial charge >= 0.3 is 0 Å². The van der Waals surface area contributed by atoms with Gasteiger partial charge in [0.1, 0.15) is 12.1 Å². The predicted molar refractivity (Wildman–Crippen MR) is 115 cm³/mol. The molecule has 160 valence electrons. The summed E-state index contributed by atoms with van der Waals surface area (Å²) in [5, 5.41) is 3.08. The van der Waals surface area contributed by atoms with Gasteiger partial charge in [-0.15, -0.1) is 0 Å². The average Bonchev–Trinajstić information content (AvgIpc) is 2.83. The Morgan fingerprint density at radius 2 is 1.87 bits per heavy atom. The molecule has 0 unspecified atom stereocenters. The van der Waals surface area contributed by atoms with Gasteiger partial charge in [-0.2, -0.15) is 0 Å². The van der Waals surface area contributed by atoms with Crippen molar-refractivity contribution in [1.82, 2.24) is 15.3 Å². The number of aromatic nitrogens is 2. The summed E-state index contributed by atoms with van der Waals surface area (Å²) in [6.45, 7) is 5.32. The third kappa shape index (κ3) is 4.81. The molecule has 1 amide bonds. The monoisotopic (exact) mass is 411 g/mol. The minimum Gasteiger partial charge on any atom is -0.497 e. The van der Waals surface area contributed by atoms with Crippen LogP contribution in [0.25, 0.3) is 0 Å². The lowest BCUT2D eigenvalue weighted by atomic mass is 9.95. The van der Waals surface area contributed by atoms with E-state index in [1.54, 1.807) is 13.4 Å². The highest BCUT2D eigenvalue weighted by molar-refractivity contribution is 5.79. The molecule has 2 aromatic rings. The molecule has 2 aliphatic heterocycles. The topological polar surface area (TPSA) is 79.8 Å². The smallest absolute Gasteiger partial charge is 0.223 e. The first-order chi connectivity index (χ1) is 14.7. The Hall–Kier alpha value is -2.87. The van der Waals surface area contributed by atoms with Crippen LogP contribution in [0.3, 0.4) is 0 Å². The van der Waals surface area contributed by atoms with E-state index in [4.69, 9.17) is 9.47 Å². The molecule has 1 aromatic heterocycles. The van der Waals surface area contributed by atoms with Gasteiger partial charge in [0.05, 0.1) is 32.2 Å². The van der Waals surface area contributed by atoms with Crippen molar-refractivity contribution in [2.45, 2.75) is 19.4 Å². The first-order valence-electron chi connectivity index (χ1n) is 10.5. The number of nitrogens with zero attached hydrogens (tertiary/aromatic N) is 4. The lowest BCUT2D eigenvalue weighted by molar-refractivity contribution is -0.125. The number of anilines is 2. The summed E-state index contributed by atoms with van der Waals surface area (Å²) < 4.78 is 10.6. The number of piperidine rings is 1. The second-order valence-electron chi connectivity index (χ2n) is 7.66. The number of ether oxygens (including phenoxy) is 2. The molecule has 1 N–H and O–H groups in total. The van der Waals surface area contributed by atoms with Crippen molar-refractivity contribution in [3.05, 3.63) is 42.4 Å². The third-order valence-corrected chi connectivity index (χ3v) is 5.82. The number of amides is 1.